The van der Waals surface area contributed by atoms with Gasteiger partial charge in [0.05, 0.1) is 52.7 Å². The lowest BCUT2D eigenvalue weighted by Gasteiger charge is -2.07. The fourth-order valence-electron chi connectivity index (χ4n) is 2.26. The summed E-state index contributed by atoms with van der Waals surface area (Å²) < 4.78 is 21.4. The maximum Gasteiger partial charge on any atom is 0.305 e. The number of hydrogen-bond acceptors (Lipinski definition) is 5. The van der Waals surface area contributed by atoms with Crippen molar-refractivity contribution in [2.75, 3.05) is 52.9 Å². The molecule has 6 heteroatoms. The molecular weight excluding hydrogens is 324 g/mol. The number of carboxylic acid groups (broad SMARTS) is 1. The molecule has 0 aromatic carbocycles. The Kier molecular flexibility index (Phi) is 20.8. The van der Waals surface area contributed by atoms with Crippen molar-refractivity contribution >= 4 is 5.97 Å². The predicted octanol–water partition coefficient (Wildman–Crippen LogP) is 3.67. The molecule has 0 saturated heterocycles. The Balaban J connectivity index is 2.97. The molecular formula is C19H38O6. The second kappa shape index (κ2) is 21.4. The van der Waals surface area contributed by atoms with Crippen molar-refractivity contribution in [3.05, 3.63) is 0 Å². The molecule has 0 radical (unpaired) electrons. The summed E-state index contributed by atoms with van der Waals surface area (Å²) in [4.78, 5) is 10.3. The van der Waals surface area contributed by atoms with Gasteiger partial charge in [-0.05, 0) is 6.42 Å². The van der Waals surface area contributed by atoms with Gasteiger partial charge in [-0.25, -0.2) is 0 Å². The summed E-state index contributed by atoms with van der Waals surface area (Å²) in [5.74, 6) is -0.848. The van der Waals surface area contributed by atoms with E-state index in [-0.39, 0.29) is 13.0 Å². The number of rotatable bonds is 21. The van der Waals surface area contributed by atoms with E-state index in [1.165, 1.54) is 44.9 Å². The number of hydrogen-bond donors (Lipinski definition) is 1. The fraction of sp³-hybridized carbons (Fsp3) is 0.947. The van der Waals surface area contributed by atoms with Gasteiger partial charge in [-0.3, -0.25) is 4.79 Å². The molecule has 0 rings (SSSR count). The van der Waals surface area contributed by atoms with Gasteiger partial charge >= 0.3 is 5.97 Å². The average Bonchev–Trinajstić information content (AvgIpc) is 2.60. The molecule has 0 atom stereocenters. The Morgan fingerprint density at radius 1 is 0.600 bits per heavy atom. The first-order valence-electron chi connectivity index (χ1n) is 9.80. The smallest absolute Gasteiger partial charge is 0.305 e. The van der Waals surface area contributed by atoms with E-state index in [4.69, 9.17) is 24.1 Å². The first kappa shape index (κ1) is 24.3. The van der Waals surface area contributed by atoms with E-state index in [0.717, 1.165) is 13.0 Å². The van der Waals surface area contributed by atoms with Crippen LogP contribution in [0.15, 0.2) is 0 Å². The molecule has 0 bridgehead atoms. The Bertz CT molecular complexity index is 273. The van der Waals surface area contributed by atoms with E-state index in [0.29, 0.717) is 39.6 Å². The van der Waals surface area contributed by atoms with Gasteiger partial charge in [0.25, 0.3) is 0 Å². The third-order valence-electron chi connectivity index (χ3n) is 3.72. The van der Waals surface area contributed by atoms with Gasteiger partial charge in [-0.15, -0.1) is 0 Å². The third kappa shape index (κ3) is 23.3. The summed E-state index contributed by atoms with van der Waals surface area (Å²) in [6.07, 6.45) is 10.5. The summed E-state index contributed by atoms with van der Waals surface area (Å²) in [5, 5.41) is 8.43. The van der Waals surface area contributed by atoms with Crippen LogP contribution < -0.4 is 0 Å². The van der Waals surface area contributed by atoms with Crippen LogP contribution in [0.1, 0.15) is 64.7 Å². The quantitative estimate of drug-likeness (QED) is 0.314. The highest BCUT2D eigenvalue weighted by Crippen LogP contribution is 2.08. The summed E-state index contributed by atoms with van der Waals surface area (Å²) in [7, 11) is 0. The van der Waals surface area contributed by atoms with Crippen molar-refractivity contribution in [3.63, 3.8) is 0 Å². The maximum atomic E-state index is 10.3. The Morgan fingerprint density at radius 3 is 1.48 bits per heavy atom. The highest BCUT2D eigenvalue weighted by Gasteiger charge is 1.96. The van der Waals surface area contributed by atoms with Gasteiger partial charge in [-0.2, -0.15) is 0 Å². The number of ether oxygens (including phenoxy) is 4. The van der Waals surface area contributed by atoms with Crippen molar-refractivity contribution in [2.24, 2.45) is 0 Å². The van der Waals surface area contributed by atoms with Crippen LogP contribution in [0.4, 0.5) is 0 Å². The van der Waals surface area contributed by atoms with Crippen LogP contribution in [0.3, 0.4) is 0 Å². The Labute approximate surface area is 153 Å². The molecule has 25 heavy (non-hydrogen) atoms. The van der Waals surface area contributed by atoms with Crippen molar-refractivity contribution in [1.82, 2.24) is 0 Å². The molecule has 0 aliphatic heterocycles. The van der Waals surface area contributed by atoms with Gasteiger partial charge in [0.2, 0.25) is 0 Å². The van der Waals surface area contributed by atoms with E-state index in [1.54, 1.807) is 0 Å². The van der Waals surface area contributed by atoms with Crippen LogP contribution in [-0.2, 0) is 23.7 Å². The topological polar surface area (TPSA) is 74.2 Å². The molecule has 0 aromatic rings. The molecule has 0 saturated carbocycles. The zero-order valence-electron chi connectivity index (χ0n) is 16.0. The SMILES string of the molecule is CCCCCCCCCCOCCOCCOCCOCCC(=O)O. The van der Waals surface area contributed by atoms with Crippen molar-refractivity contribution in [1.29, 1.82) is 0 Å². The summed E-state index contributed by atoms with van der Waals surface area (Å²) in [5.41, 5.74) is 0. The predicted molar refractivity (Wildman–Crippen MR) is 98.1 cm³/mol. The lowest BCUT2D eigenvalue weighted by atomic mass is 10.1. The fourth-order valence-corrected chi connectivity index (χ4v) is 2.26. The molecule has 0 unspecified atom stereocenters. The third-order valence-corrected chi connectivity index (χ3v) is 3.72. The minimum Gasteiger partial charge on any atom is -0.481 e. The molecule has 0 amide bonds. The minimum absolute atomic E-state index is 0.0298. The minimum atomic E-state index is -0.848. The monoisotopic (exact) mass is 362 g/mol. The Hall–Kier alpha value is -0.690. The van der Waals surface area contributed by atoms with Crippen LogP contribution in [0.25, 0.3) is 0 Å². The summed E-state index contributed by atoms with van der Waals surface area (Å²) in [6.45, 7) is 6.44. The zero-order chi connectivity index (χ0) is 18.4. The number of carboxylic acids is 1. The number of carbonyl (C=O) groups is 1. The van der Waals surface area contributed by atoms with E-state index in [1.807, 2.05) is 0 Å². The summed E-state index contributed by atoms with van der Waals surface area (Å²) in [6, 6.07) is 0. The molecule has 0 aliphatic carbocycles. The van der Waals surface area contributed by atoms with Crippen LogP contribution in [-0.4, -0.2) is 63.9 Å². The highest BCUT2D eigenvalue weighted by atomic mass is 16.6. The van der Waals surface area contributed by atoms with E-state index >= 15 is 0 Å². The van der Waals surface area contributed by atoms with Crippen LogP contribution in [0.2, 0.25) is 0 Å². The van der Waals surface area contributed by atoms with Gasteiger partial charge < -0.3 is 24.1 Å². The average molecular weight is 363 g/mol. The van der Waals surface area contributed by atoms with Crippen LogP contribution in [0.5, 0.6) is 0 Å². The van der Waals surface area contributed by atoms with E-state index in [9.17, 15) is 4.79 Å². The number of aliphatic carboxylic acids is 1. The molecule has 150 valence electrons. The lowest BCUT2D eigenvalue weighted by Crippen LogP contribution is -2.12. The second-order valence-corrected chi connectivity index (χ2v) is 6.07. The molecule has 0 heterocycles. The number of unbranched alkanes of at least 4 members (excludes halogenated alkanes) is 7. The second-order valence-electron chi connectivity index (χ2n) is 6.07. The molecule has 0 aromatic heterocycles. The van der Waals surface area contributed by atoms with Crippen LogP contribution >= 0.6 is 0 Å². The standard InChI is InChI=1S/C19H38O6/c1-2-3-4-5-6-7-8-9-11-22-13-15-24-17-18-25-16-14-23-12-10-19(20)21/h2-18H2,1H3,(H,20,21). The molecule has 0 aliphatic rings. The van der Waals surface area contributed by atoms with Gasteiger partial charge in [0, 0.05) is 6.61 Å². The zero-order valence-corrected chi connectivity index (χ0v) is 16.0. The van der Waals surface area contributed by atoms with Crippen LogP contribution in [0, 0.1) is 0 Å². The largest absolute Gasteiger partial charge is 0.481 e. The Morgan fingerprint density at radius 2 is 1.00 bits per heavy atom. The van der Waals surface area contributed by atoms with E-state index in [2.05, 4.69) is 6.92 Å². The lowest BCUT2D eigenvalue weighted by molar-refractivity contribution is -0.138. The molecule has 6 nitrogen and oxygen atoms in total. The first-order chi connectivity index (χ1) is 12.3. The van der Waals surface area contributed by atoms with E-state index < -0.39 is 5.97 Å². The molecule has 1 N–H and O–H groups in total. The van der Waals surface area contributed by atoms with Crippen molar-refractivity contribution in [2.45, 2.75) is 64.7 Å². The normalized spacial score (nSPS) is 11.1. The first-order valence-corrected chi connectivity index (χ1v) is 9.80. The highest BCUT2D eigenvalue weighted by molar-refractivity contribution is 5.66. The van der Waals surface area contributed by atoms with Gasteiger partial charge in [-0.1, -0.05) is 51.9 Å². The van der Waals surface area contributed by atoms with Gasteiger partial charge in [0.1, 0.15) is 0 Å². The van der Waals surface area contributed by atoms with Crippen molar-refractivity contribution < 1.29 is 28.8 Å². The maximum absolute atomic E-state index is 10.3. The van der Waals surface area contributed by atoms with Crippen molar-refractivity contribution in [3.8, 4) is 0 Å². The molecule has 0 spiro atoms. The molecule has 0 fully saturated rings. The van der Waals surface area contributed by atoms with Gasteiger partial charge in [0.15, 0.2) is 0 Å². The summed E-state index contributed by atoms with van der Waals surface area (Å²) >= 11 is 0.